The smallest absolute Gasteiger partial charge is 0.345 e. The van der Waals surface area contributed by atoms with Crippen molar-refractivity contribution in [3.8, 4) is 28.1 Å². The highest BCUT2D eigenvalue weighted by Crippen LogP contribution is 2.44. The van der Waals surface area contributed by atoms with Gasteiger partial charge in [-0.05, 0) is 73.8 Å². The number of carbonyl (C=O) groups excluding carboxylic acids is 1. The van der Waals surface area contributed by atoms with Crippen molar-refractivity contribution < 1.29 is 24.2 Å². The third-order valence-corrected chi connectivity index (χ3v) is 8.97. The van der Waals surface area contributed by atoms with E-state index in [2.05, 4.69) is 26.9 Å². The summed E-state index contributed by atoms with van der Waals surface area (Å²) in [7, 11) is 5.71. The average Bonchev–Trinajstić information content (AvgIpc) is 3.59. The second-order valence-electron chi connectivity index (χ2n) is 11.3. The van der Waals surface area contributed by atoms with Crippen LogP contribution in [0.3, 0.4) is 0 Å². The topological polar surface area (TPSA) is 96.3 Å². The summed E-state index contributed by atoms with van der Waals surface area (Å²) in [6, 6.07) is 25.8. The van der Waals surface area contributed by atoms with E-state index in [4.69, 9.17) is 9.47 Å². The van der Waals surface area contributed by atoms with Gasteiger partial charge in [-0.15, -0.1) is 11.3 Å². The highest BCUT2D eigenvalue weighted by atomic mass is 32.1. The zero-order valence-corrected chi connectivity index (χ0v) is 26.4. The molecule has 1 aliphatic heterocycles. The van der Waals surface area contributed by atoms with Crippen LogP contribution in [0, 0.1) is 0 Å². The quantitative estimate of drug-likeness (QED) is 0.191. The Morgan fingerprint density at radius 2 is 1.71 bits per heavy atom. The van der Waals surface area contributed by atoms with E-state index in [1.165, 1.54) is 11.3 Å². The highest BCUT2D eigenvalue weighted by molar-refractivity contribution is 7.21. The number of nitrogens with one attached hydrogen (secondary N) is 1. The first-order chi connectivity index (χ1) is 21.8. The number of carbonyl (C=O) groups is 2. The molecule has 5 aromatic rings. The average molecular weight is 625 g/mol. The second-order valence-corrected chi connectivity index (χ2v) is 12.4. The molecule has 3 aromatic carbocycles. The Kier molecular flexibility index (Phi) is 8.88. The molecule has 3 heterocycles. The van der Waals surface area contributed by atoms with Crippen molar-refractivity contribution in [1.82, 2.24) is 9.47 Å². The third-order valence-electron chi connectivity index (χ3n) is 7.84. The lowest BCUT2D eigenvalue weighted by atomic mass is 10.0. The van der Waals surface area contributed by atoms with Crippen LogP contribution in [0.1, 0.15) is 15.2 Å². The van der Waals surface area contributed by atoms with Crippen molar-refractivity contribution in [3.05, 3.63) is 89.3 Å². The van der Waals surface area contributed by atoms with E-state index in [1.807, 2.05) is 86.7 Å². The summed E-state index contributed by atoms with van der Waals surface area (Å²) < 4.78 is 14.9. The highest BCUT2D eigenvalue weighted by Gasteiger charge is 2.23. The van der Waals surface area contributed by atoms with Gasteiger partial charge in [-0.25, -0.2) is 4.79 Å². The molecule has 1 saturated heterocycles. The van der Waals surface area contributed by atoms with E-state index < -0.39 is 5.97 Å². The van der Waals surface area contributed by atoms with Crippen molar-refractivity contribution in [3.63, 3.8) is 0 Å². The molecular formula is C35H36N4O5S. The van der Waals surface area contributed by atoms with Gasteiger partial charge in [0.1, 0.15) is 17.2 Å². The predicted molar refractivity (Wildman–Crippen MR) is 180 cm³/mol. The molecule has 0 radical (unpaired) electrons. The Bertz CT molecular complexity index is 1820. The molecule has 0 aliphatic carbocycles. The van der Waals surface area contributed by atoms with Crippen LogP contribution >= 0.6 is 11.3 Å². The number of aryl methyl sites for hydroxylation is 1. The van der Waals surface area contributed by atoms with E-state index in [9.17, 15) is 14.7 Å². The number of thiophene rings is 1. The molecule has 0 atom stereocenters. The lowest BCUT2D eigenvalue weighted by Gasteiger charge is -2.31. The van der Waals surface area contributed by atoms with Crippen molar-refractivity contribution in [1.29, 1.82) is 0 Å². The number of carboxylic acid groups (broad SMARTS) is 1. The van der Waals surface area contributed by atoms with Gasteiger partial charge in [0.2, 0.25) is 5.91 Å². The van der Waals surface area contributed by atoms with Gasteiger partial charge in [-0.2, -0.15) is 0 Å². The van der Waals surface area contributed by atoms with Crippen LogP contribution < -0.4 is 15.0 Å². The maximum atomic E-state index is 12.4. The van der Waals surface area contributed by atoms with Crippen LogP contribution in [-0.4, -0.2) is 73.4 Å². The number of hydrogen-bond acceptors (Lipinski definition) is 7. The molecule has 2 N–H and O–H groups in total. The number of amides is 1. The van der Waals surface area contributed by atoms with Gasteiger partial charge in [0.05, 0.1) is 35.7 Å². The number of fused-ring (bicyclic) bond motifs is 1. The zero-order valence-electron chi connectivity index (χ0n) is 25.6. The number of rotatable bonds is 10. The number of aromatic carboxylic acids is 1. The molecule has 1 amide bonds. The number of benzene rings is 3. The van der Waals surface area contributed by atoms with Crippen molar-refractivity contribution >= 4 is 44.8 Å². The molecular weight excluding hydrogens is 588 g/mol. The number of likely N-dealkylation sites (N-methyl/N-ethyl adjacent to an activating group) is 1. The SMILES string of the molecule is CN(C)CC(=O)Nc1ccc(N2CCOCC2)c(COc2ccc(-c3c(-c4ccccc4)c4sc(C(=O)O)cc4n3C)cc2)c1. The fourth-order valence-electron chi connectivity index (χ4n) is 5.77. The Balaban J connectivity index is 1.28. The zero-order chi connectivity index (χ0) is 31.5. The lowest BCUT2D eigenvalue weighted by molar-refractivity contribution is -0.116. The molecule has 0 bridgehead atoms. The summed E-state index contributed by atoms with van der Waals surface area (Å²) in [4.78, 5) is 28.6. The summed E-state index contributed by atoms with van der Waals surface area (Å²) in [5, 5.41) is 12.6. The summed E-state index contributed by atoms with van der Waals surface area (Å²) in [5.74, 6) is -0.271. The first-order valence-electron chi connectivity index (χ1n) is 14.8. The van der Waals surface area contributed by atoms with Gasteiger partial charge in [-0.1, -0.05) is 30.3 Å². The first kappa shape index (κ1) is 30.4. The Morgan fingerprint density at radius 3 is 2.40 bits per heavy atom. The van der Waals surface area contributed by atoms with Crippen LogP contribution in [0.5, 0.6) is 5.75 Å². The third kappa shape index (κ3) is 6.58. The number of morpholine rings is 1. The molecule has 232 valence electrons. The van der Waals surface area contributed by atoms with E-state index in [-0.39, 0.29) is 5.91 Å². The monoisotopic (exact) mass is 624 g/mol. The van der Waals surface area contributed by atoms with Gasteiger partial charge in [0, 0.05) is 42.6 Å². The Labute approximate surface area is 266 Å². The normalized spacial score (nSPS) is 13.4. The molecule has 9 nitrogen and oxygen atoms in total. The van der Waals surface area contributed by atoms with Crippen LogP contribution in [0.4, 0.5) is 11.4 Å². The fourth-order valence-corrected chi connectivity index (χ4v) is 6.87. The van der Waals surface area contributed by atoms with Crippen molar-refractivity contribution in [2.24, 2.45) is 7.05 Å². The summed E-state index contributed by atoms with van der Waals surface area (Å²) in [6.45, 7) is 3.55. The number of carboxylic acids is 1. The maximum Gasteiger partial charge on any atom is 0.345 e. The van der Waals surface area contributed by atoms with Gasteiger partial charge in [0.15, 0.2) is 0 Å². The largest absolute Gasteiger partial charge is 0.489 e. The molecule has 0 saturated carbocycles. The summed E-state index contributed by atoms with van der Waals surface area (Å²) in [5.41, 5.74) is 7.73. The second kappa shape index (κ2) is 13.2. The van der Waals surface area contributed by atoms with Gasteiger partial charge in [-0.3, -0.25) is 4.79 Å². The van der Waals surface area contributed by atoms with E-state index in [1.54, 1.807) is 6.07 Å². The molecule has 6 rings (SSSR count). The van der Waals surface area contributed by atoms with E-state index in [0.29, 0.717) is 31.2 Å². The number of nitrogens with zero attached hydrogens (tertiary/aromatic N) is 3. The minimum absolute atomic E-state index is 0.0730. The van der Waals surface area contributed by atoms with Crippen LogP contribution in [0.2, 0.25) is 0 Å². The number of aromatic nitrogens is 1. The standard InChI is InChI=1S/C35H36N4O5S/c1-37(2)21-31(40)36-26-11-14-28(39-15-17-43-18-16-39)25(19-26)22-44-27-12-9-24(10-13-27)33-32(23-7-5-4-6-8-23)34-29(38(33)3)20-30(45-34)35(41)42/h4-14,19-20H,15-18,21-22H2,1-3H3,(H,36,40)(H,41,42). The van der Waals surface area contributed by atoms with Crippen LogP contribution in [-0.2, 0) is 23.2 Å². The molecule has 0 unspecified atom stereocenters. The number of anilines is 2. The Morgan fingerprint density at radius 1 is 0.978 bits per heavy atom. The predicted octanol–water partition coefficient (Wildman–Crippen LogP) is 6.19. The molecule has 10 heteroatoms. The first-order valence-corrected chi connectivity index (χ1v) is 15.6. The van der Waals surface area contributed by atoms with Crippen LogP contribution in [0.25, 0.3) is 32.6 Å². The van der Waals surface area contributed by atoms with Gasteiger partial charge in [0.25, 0.3) is 0 Å². The molecule has 2 aromatic heterocycles. The van der Waals surface area contributed by atoms with Crippen molar-refractivity contribution in [2.75, 3.05) is 57.2 Å². The molecule has 1 aliphatic rings. The molecule has 0 spiro atoms. The van der Waals surface area contributed by atoms with E-state index in [0.717, 1.165) is 68.4 Å². The van der Waals surface area contributed by atoms with Crippen LogP contribution in [0.15, 0.2) is 78.9 Å². The maximum absolute atomic E-state index is 12.4. The van der Waals surface area contributed by atoms with Gasteiger partial charge < -0.3 is 34.3 Å². The van der Waals surface area contributed by atoms with E-state index >= 15 is 0 Å². The number of ether oxygens (including phenoxy) is 2. The minimum atomic E-state index is -0.920. The number of hydrogen-bond donors (Lipinski definition) is 2. The lowest BCUT2D eigenvalue weighted by Crippen LogP contribution is -2.37. The summed E-state index contributed by atoms with van der Waals surface area (Å²) >= 11 is 1.30. The molecule has 45 heavy (non-hydrogen) atoms. The van der Waals surface area contributed by atoms with Gasteiger partial charge >= 0.3 is 5.97 Å². The fraction of sp³-hybridized carbons (Fsp3) is 0.257. The minimum Gasteiger partial charge on any atom is -0.489 e. The molecule has 1 fully saturated rings. The summed E-state index contributed by atoms with van der Waals surface area (Å²) in [6.07, 6.45) is 0. The Hall–Kier alpha value is -4.64. The van der Waals surface area contributed by atoms with Crippen molar-refractivity contribution in [2.45, 2.75) is 6.61 Å².